The second kappa shape index (κ2) is 6.89. The van der Waals surface area contributed by atoms with Crippen LogP contribution >= 0.6 is 0 Å². The van der Waals surface area contributed by atoms with Gasteiger partial charge in [0, 0.05) is 0 Å². The van der Waals surface area contributed by atoms with E-state index in [9.17, 15) is 27.0 Å². The van der Waals surface area contributed by atoms with Crippen LogP contribution < -0.4 is 5.73 Å². The fourth-order valence-electron chi connectivity index (χ4n) is 2.54. The van der Waals surface area contributed by atoms with Crippen LogP contribution in [0.15, 0.2) is 12.7 Å². The maximum absolute atomic E-state index is 11.5. The molecule has 0 amide bonds. The third-order valence-electron chi connectivity index (χ3n) is 3.70. The van der Waals surface area contributed by atoms with Crippen LogP contribution in [0.3, 0.4) is 0 Å². The van der Waals surface area contributed by atoms with Crippen LogP contribution in [-0.4, -0.2) is 81.1 Å². The van der Waals surface area contributed by atoms with Crippen LogP contribution in [0.25, 0.3) is 11.2 Å². The average molecular weight is 425 g/mol. The highest BCUT2D eigenvalue weighted by molar-refractivity contribution is 8.03. The van der Waals surface area contributed by atoms with Crippen molar-refractivity contribution in [3.8, 4) is 0 Å². The first-order valence-corrected chi connectivity index (χ1v) is 10.4. The predicted molar refractivity (Wildman–Crippen MR) is 86.9 cm³/mol. The van der Waals surface area contributed by atoms with E-state index < -0.39 is 56.5 Å². The number of hydrogen-bond donors (Lipinski definition) is 4. The number of nitrogen functional groups attached to an aromatic ring is 1. The Morgan fingerprint density at radius 2 is 1.89 bits per heavy atom. The number of aromatic nitrogens is 4. The normalized spacial score (nSPS) is 26.6. The zero-order valence-corrected chi connectivity index (χ0v) is 15.0. The molecule has 0 radical (unpaired) electrons. The van der Waals surface area contributed by atoms with Gasteiger partial charge in [-0.2, -0.15) is 16.8 Å². The fraction of sp³-hybridized carbons (Fsp3) is 0.545. The number of aliphatic hydroxyl groups excluding tert-OH is 2. The molecule has 150 valence electrons. The van der Waals surface area contributed by atoms with Gasteiger partial charge in [0.2, 0.25) is 5.08 Å². The van der Waals surface area contributed by atoms with Gasteiger partial charge >= 0.3 is 0 Å². The van der Waals surface area contributed by atoms with Gasteiger partial charge in [-0.15, -0.1) is 0 Å². The molecule has 5 N–H and O–H groups in total. The van der Waals surface area contributed by atoms with Crippen molar-refractivity contribution >= 4 is 37.2 Å². The molecule has 3 rings (SSSR count). The van der Waals surface area contributed by atoms with Crippen molar-refractivity contribution in [2.24, 2.45) is 0 Å². The van der Waals surface area contributed by atoms with E-state index >= 15 is 0 Å². The first-order valence-electron chi connectivity index (χ1n) is 7.25. The van der Waals surface area contributed by atoms with Gasteiger partial charge in [0.15, 0.2) is 17.7 Å². The largest absolute Gasteiger partial charge is 0.387 e. The number of fused-ring (bicyclic) bond motifs is 1. The molecule has 1 aliphatic rings. The number of imidazole rings is 1. The predicted octanol–water partition coefficient (Wildman–Crippen LogP) is -2.78. The molecule has 27 heavy (non-hydrogen) atoms. The minimum absolute atomic E-state index is 0.0861. The van der Waals surface area contributed by atoms with Crippen molar-refractivity contribution in [1.29, 1.82) is 0 Å². The Morgan fingerprint density at radius 1 is 1.19 bits per heavy atom. The van der Waals surface area contributed by atoms with E-state index in [1.165, 1.54) is 10.9 Å². The van der Waals surface area contributed by atoms with Gasteiger partial charge < -0.3 is 20.7 Å². The molecule has 16 heteroatoms. The van der Waals surface area contributed by atoms with Gasteiger partial charge in [-0.3, -0.25) is 13.3 Å². The summed E-state index contributed by atoms with van der Waals surface area (Å²) in [7, 11) is -9.48. The molecule has 1 saturated heterocycles. The molecular formula is C11H15N5O9S2. The molecule has 1 unspecified atom stereocenters. The number of anilines is 1. The zero-order chi connectivity index (χ0) is 20.0. The Hall–Kier alpha value is -1.95. The quantitative estimate of drug-likeness (QED) is 0.272. The number of rotatable bonds is 6. The van der Waals surface area contributed by atoms with Crippen molar-refractivity contribution in [2.75, 3.05) is 17.4 Å². The summed E-state index contributed by atoms with van der Waals surface area (Å²) >= 11 is 0. The Morgan fingerprint density at radius 3 is 2.56 bits per heavy atom. The molecule has 1 fully saturated rings. The molecule has 1 aliphatic heterocycles. The Balaban J connectivity index is 1.77. The van der Waals surface area contributed by atoms with E-state index in [1.54, 1.807) is 0 Å². The van der Waals surface area contributed by atoms with Gasteiger partial charge in [-0.25, -0.2) is 15.0 Å². The molecule has 4 atom stereocenters. The highest BCUT2D eigenvalue weighted by atomic mass is 32.3. The second-order valence-electron chi connectivity index (χ2n) is 5.67. The Labute approximate surface area is 152 Å². The SMILES string of the molecule is Nc1ncnc2c1ncn2[C@@H]1O[C@H](COS(=O)(=O)CS(=O)(=O)O)[C@H](O)C1O. The first-order chi connectivity index (χ1) is 12.5. The summed E-state index contributed by atoms with van der Waals surface area (Å²) < 4.78 is 64.1. The lowest BCUT2D eigenvalue weighted by Gasteiger charge is -2.16. The number of nitrogens with two attached hydrogens (primary N) is 1. The molecule has 0 spiro atoms. The number of nitrogens with zero attached hydrogens (tertiary/aromatic N) is 4. The summed E-state index contributed by atoms with van der Waals surface area (Å²) in [5.74, 6) is 0.0861. The molecule has 0 aliphatic carbocycles. The van der Waals surface area contributed by atoms with Crippen molar-refractivity contribution < 1.29 is 40.5 Å². The Kier molecular flexibility index (Phi) is 5.06. The van der Waals surface area contributed by atoms with Crippen LogP contribution in [0.1, 0.15) is 6.23 Å². The molecule has 0 aromatic carbocycles. The lowest BCUT2D eigenvalue weighted by molar-refractivity contribution is -0.0466. The van der Waals surface area contributed by atoms with Crippen LogP contribution in [0.5, 0.6) is 0 Å². The van der Waals surface area contributed by atoms with E-state index in [1.807, 2.05) is 0 Å². The standard InChI is InChI=1S/C11H15N5O9S2/c12-9-6-10(14-2-13-9)16(3-15-6)11-8(18)7(17)5(25-11)1-24-27(22,23)4-26(19,20)21/h2-3,5,7-8,11,17-18H,1,4H2,(H2,12,13,14)(H,19,20,21)/t5-,7+,8?,11-/m1/s1. The lowest BCUT2D eigenvalue weighted by Crippen LogP contribution is -2.35. The maximum Gasteiger partial charge on any atom is 0.284 e. The summed E-state index contributed by atoms with van der Waals surface area (Å²) in [5.41, 5.74) is 6.11. The maximum atomic E-state index is 11.5. The molecule has 3 heterocycles. The molecule has 14 nitrogen and oxygen atoms in total. The van der Waals surface area contributed by atoms with Crippen molar-refractivity contribution in [2.45, 2.75) is 24.5 Å². The number of ether oxygens (including phenoxy) is 1. The van der Waals surface area contributed by atoms with Crippen molar-refractivity contribution in [3.63, 3.8) is 0 Å². The molecule has 0 bridgehead atoms. The summed E-state index contributed by atoms with van der Waals surface area (Å²) in [4.78, 5) is 11.7. The van der Waals surface area contributed by atoms with E-state index in [0.717, 1.165) is 6.33 Å². The van der Waals surface area contributed by atoms with Gasteiger partial charge in [0.25, 0.3) is 20.2 Å². The van der Waals surface area contributed by atoms with Crippen LogP contribution in [0, 0.1) is 0 Å². The fourth-order valence-corrected chi connectivity index (χ4v) is 4.61. The third-order valence-corrected chi connectivity index (χ3v) is 6.54. The average Bonchev–Trinajstić information content (AvgIpc) is 3.07. The van der Waals surface area contributed by atoms with Gasteiger partial charge in [0.1, 0.15) is 30.2 Å². The van der Waals surface area contributed by atoms with E-state index in [0.29, 0.717) is 0 Å². The highest BCUT2D eigenvalue weighted by Gasteiger charge is 2.45. The number of hydrogen-bond acceptors (Lipinski definition) is 12. The molecule has 2 aromatic rings. The first kappa shape index (κ1) is 19.8. The summed E-state index contributed by atoms with van der Waals surface area (Å²) in [6.07, 6.45) is -3.18. The highest BCUT2D eigenvalue weighted by Crippen LogP contribution is 2.32. The minimum atomic E-state index is -4.83. The van der Waals surface area contributed by atoms with Crippen molar-refractivity contribution in [1.82, 2.24) is 19.5 Å². The molecule has 2 aromatic heterocycles. The van der Waals surface area contributed by atoms with E-state index in [4.69, 9.17) is 15.0 Å². The summed E-state index contributed by atoms with van der Waals surface area (Å²) in [5, 5.41) is 18.6. The molecular weight excluding hydrogens is 410 g/mol. The topological polar surface area (TPSA) is 217 Å². The van der Waals surface area contributed by atoms with E-state index in [-0.39, 0.29) is 17.0 Å². The summed E-state index contributed by atoms with van der Waals surface area (Å²) in [6, 6.07) is 0. The van der Waals surface area contributed by atoms with Crippen LogP contribution in [0.4, 0.5) is 5.82 Å². The van der Waals surface area contributed by atoms with Crippen LogP contribution in [-0.2, 0) is 29.2 Å². The van der Waals surface area contributed by atoms with Crippen molar-refractivity contribution in [3.05, 3.63) is 12.7 Å². The van der Waals surface area contributed by atoms with Crippen LogP contribution in [0.2, 0.25) is 0 Å². The second-order valence-corrected chi connectivity index (χ2v) is 9.13. The smallest absolute Gasteiger partial charge is 0.284 e. The third kappa shape index (κ3) is 4.15. The van der Waals surface area contributed by atoms with Gasteiger partial charge in [0.05, 0.1) is 12.9 Å². The zero-order valence-electron chi connectivity index (χ0n) is 13.4. The molecule has 0 saturated carbocycles. The Bertz CT molecular complexity index is 1050. The summed E-state index contributed by atoms with van der Waals surface area (Å²) in [6.45, 7) is -0.795. The van der Waals surface area contributed by atoms with Gasteiger partial charge in [-0.1, -0.05) is 0 Å². The monoisotopic (exact) mass is 425 g/mol. The van der Waals surface area contributed by atoms with Gasteiger partial charge in [-0.05, 0) is 0 Å². The minimum Gasteiger partial charge on any atom is -0.387 e. The van der Waals surface area contributed by atoms with E-state index in [2.05, 4.69) is 19.1 Å². The lowest BCUT2D eigenvalue weighted by atomic mass is 10.1. The number of aliphatic hydroxyl groups is 2.